The van der Waals surface area contributed by atoms with Crippen LogP contribution in [0.25, 0.3) is 0 Å². The van der Waals surface area contributed by atoms with Gasteiger partial charge in [0.2, 0.25) is 0 Å². The molecule has 2 rings (SSSR count). The zero-order chi connectivity index (χ0) is 15.2. The van der Waals surface area contributed by atoms with Gasteiger partial charge in [-0.1, -0.05) is 45.2 Å². The Balaban J connectivity index is 2.07. The fourth-order valence-electron chi connectivity index (χ4n) is 3.37. The summed E-state index contributed by atoms with van der Waals surface area (Å²) in [4.78, 5) is 0. The minimum Gasteiger partial charge on any atom is -0.314 e. The summed E-state index contributed by atoms with van der Waals surface area (Å²) in [6, 6.07) is 5.95. The fourth-order valence-corrected chi connectivity index (χ4v) is 3.80. The lowest BCUT2D eigenvalue weighted by Crippen LogP contribution is -2.33. The van der Waals surface area contributed by atoms with Crippen molar-refractivity contribution >= 4 is 15.9 Å². The smallest absolute Gasteiger partial charge is 0.137 e. The number of hydrogen-bond donors (Lipinski definition) is 1. The van der Waals surface area contributed by atoms with Crippen molar-refractivity contribution in [1.29, 1.82) is 0 Å². The summed E-state index contributed by atoms with van der Waals surface area (Å²) in [7, 11) is 0. The predicted octanol–water partition coefficient (Wildman–Crippen LogP) is 5.33. The Bertz CT molecular complexity index is 447. The monoisotopic (exact) mass is 355 g/mol. The third kappa shape index (κ3) is 5.07. The van der Waals surface area contributed by atoms with Crippen molar-refractivity contribution in [2.24, 2.45) is 11.8 Å². The first-order chi connectivity index (χ1) is 10.1. The standard InChI is InChI=1S/C18H27BrFN/c1-13(2)21-12-16-8-5-3-4-7-14(16)11-15-9-6-10-17(20)18(15)19/h6,9-10,13-14,16,21H,3-5,7-8,11-12H2,1-2H3. The molecule has 1 aliphatic carbocycles. The number of rotatable bonds is 5. The van der Waals surface area contributed by atoms with Gasteiger partial charge in [0.15, 0.2) is 0 Å². The Morgan fingerprint density at radius 1 is 1.19 bits per heavy atom. The van der Waals surface area contributed by atoms with Crippen LogP contribution < -0.4 is 5.32 Å². The van der Waals surface area contributed by atoms with Gasteiger partial charge in [0.25, 0.3) is 0 Å². The third-order valence-electron chi connectivity index (χ3n) is 4.62. The maximum atomic E-state index is 13.7. The van der Waals surface area contributed by atoms with Crippen LogP contribution in [0.3, 0.4) is 0 Å². The summed E-state index contributed by atoms with van der Waals surface area (Å²) < 4.78 is 14.4. The van der Waals surface area contributed by atoms with Crippen molar-refractivity contribution in [2.45, 2.75) is 58.4 Å². The maximum Gasteiger partial charge on any atom is 0.137 e. The van der Waals surface area contributed by atoms with E-state index in [2.05, 4.69) is 41.2 Å². The zero-order valence-electron chi connectivity index (χ0n) is 13.2. The summed E-state index contributed by atoms with van der Waals surface area (Å²) in [5.74, 6) is 1.24. The van der Waals surface area contributed by atoms with E-state index in [9.17, 15) is 4.39 Å². The van der Waals surface area contributed by atoms with E-state index in [0.717, 1.165) is 18.5 Å². The summed E-state index contributed by atoms with van der Waals surface area (Å²) in [5.41, 5.74) is 1.12. The summed E-state index contributed by atoms with van der Waals surface area (Å²) in [6.07, 6.45) is 7.56. The molecule has 1 aromatic rings. The van der Waals surface area contributed by atoms with Gasteiger partial charge in [-0.3, -0.25) is 0 Å². The highest BCUT2D eigenvalue weighted by molar-refractivity contribution is 9.10. The fraction of sp³-hybridized carbons (Fsp3) is 0.667. The molecule has 0 aromatic heterocycles. The van der Waals surface area contributed by atoms with E-state index in [0.29, 0.717) is 22.4 Å². The van der Waals surface area contributed by atoms with Gasteiger partial charge in [-0.15, -0.1) is 0 Å². The molecule has 0 heterocycles. The van der Waals surface area contributed by atoms with Crippen LogP contribution in [0.4, 0.5) is 4.39 Å². The largest absolute Gasteiger partial charge is 0.314 e. The molecule has 0 radical (unpaired) electrons. The van der Waals surface area contributed by atoms with Gasteiger partial charge in [0.1, 0.15) is 5.82 Å². The molecule has 21 heavy (non-hydrogen) atoms. The van der Waals surface area contributed by atoms with Gasteiger partial charge in [0.05, 0.1) is 4.47 Å². The molecule has 1 aromatic carbocycles. The van der Waals surface area contributed by atoms with Crippen LogP contribution in [-0.2, 0) is 6.42 Å². The van der Waals surface area contributed by atoms with Gasteiger partial charge in [0, 0.05) is 6.04 Å². The molecule has 2 atom stereocenters. The molecular formula is C18H27BrFN. The highest BCUT2D eigenvalue weighted by Gasteiger charge is 2.24. The first-order valence-electron chi connectivity index (χ1n) is 8.24. The van der Waals surface area contributed by atoms with Gasteiger partial charge >= 0.3 is 0 Å². The molecule has 0 bridgehead atoms. The van der Waals surface area contributed by atoms with E-state index in [1.807, 2.05) is 6.07 Å². The van der Waals surface area contributed by atoms with E-state index in [1.54, 1.807) is 0 Å². The Hall–Kier alpha value is -0.410. The molecule has 0 amide bonds. The van der Waals surface area contributed by atoms with Crippen molar-refractivity contribution in [1.82, 2.24) is 5.32 Å². The SMILES string of the molecule is CC(C)NCC1CCCCCC1Cc1cccc(F)c1Br. The second kappa shape index (κ2) is 8.28. The van der Waals surface area contributed by atoms with E-state index < -0.39 is 0 Å². The second-order valence-corrected chi connectivity index (χ2v) is 7.43. The Kier molecular flexibility index (Phi) is 6.69. The van der Waals surface area contributed by atoms with Gasteiger partial charge < -0.3 is 5.32 Å². The van der Waals surface area contributed by atoms with Crippen molar-refractivity contribution in [3.8, 4) is 0 Å². The van der Waals surface area contributed by atoms with E-state index >= 15 is 0 Å². The molecule has 118 valence electrons. The normalized spacial score (nSPS) is 23.3. The molecule has 2 unspecified atom stereocenters. The molecule has 0 aliphatic heterocycles. The van der Waals surface area contributed by atoms with E-state index in [-0.39, 0.29) is 5.82 Å². The minimum absolute atomic E-state index is 0.141. The lowest BCUT2D eigenvalue weighted by atomic mass is 9.83. The average Bonchev–Trinajstić information content (AvgIpc) is 2.67. The average molecular weight is 356 g/mol. The van der Waals surface area contributed by atoms with E-state index in [1.165, 1.54) is 38.2 Å². The summed E-state index contributed by atoms with van der Waals surface area (Å²) in [5, 5.41) is 3.60. The van der Waals surface area contributed by atoms with Crippen molar-refractivity contribution < 1.29 is 4.39 Å². The van der Waals surface area contributed by atoms with Crippen LogP contribution >= 0.6 is 15.9 Å². The predicted molar refractivity (Wildman–Crippen MR) is 91.0 cm³/mol. The molecule has 1 N–H and O–H groups in total. The van der Waals surface area contributed by atoms with Crippen LogP contribution in [0.5, 0.6) is 0 Å². The quantitative estimate of drug-likeness (QED) is 0.704. The number of nitrogens with one attached hydrogen (secondary N) is 1. The Labute approximate surface area is 136 Å². The highest BCUT2D eigenvalue weighted by Crippen LogP contribution is 2.33. The van der Waals surface area contributed by atoms with Crippen LogP contribution in [-0.4, -0.2) is 12.6 Å². The number of benzene rings is 1. The third-order valence-corrected chi connectivity index (χ3v) is 5.51. The molecule has 1 aliphatic rings. The van der Waals surface area contributed by atoms with Crippen LogP contribution in [0.1, 0.15) is 51.5 Å². The minimum atomic E-state index is -0.141. The first kappa shape index (κ1) is 17.0. The molecule has 0 saturated heterocycles. The van der Waals surface area contributed by atoms with E-state index in [4.69, 9.17) is 0 Å². The molecule has 1 saturated carbocycles. The molecule has 0 spiro atoms. The molecule has 3 heteroatoms. The maximum absolute atomic E-state index is 13.7. The zero-order valence-corrected chi connectivity index (χ0v) is 14.8. The summed E-state index contributed by atoms with van der Waals surface area (Å²) in [6.45, 7) is 5.50. The van der Waals surface area contributed by atoms with Crippen LogP contribution in [0.2, 0.25) is 0 Å². The topological polar surface area (TPSA) is 12.0 Å². The highest BCUT2D eigenvalue weighted by atomic mass is 79.9. The molecule has 1 nitrogen and oxygen atoms in total. The Morgan fingerprint density at radius 3 is 2.62 bits per heavy atom. The van der Waals surface area contributed by atoms with Crippen molar-refractivity contribution in [2.75, 3.05) is 6.54 Å². The van der Waals surface area contributed by atoms with Crippen LogP contribution in [0.15, 0.2) is 22.7 Å². The number of halogens is 2. The first-order valence-corrected chi connectivity index (χ1v) is 9.03. The summed E-state index contributed by atoms with van der Waals surface area (Å²) >= 11 is 3.42. The lowest BCUT2D eigenvalue weighted by molar-refractivity contribution is 0.290. The molecular weight excluding hydrogens is 329 g/mol. The van der Waals surface area contributed by atoms with Gasteiger partial charge in [-0.2, -0.15) is 0 Å². The van der Waals surface area contributed by atoms with Gasteiger partial charge in [-0.25, -0.2) is 4.39 Å². The van der Waals surface area contributed by atoms with Gasteiger partial charge in [-0.05, 0) is 65.2 Å². The van der Waals surface area contributed by atoms with Crippen molar-refractivity contribution in [3.05, 3.63) is 34.1 Å². The number of hydrogen-bond acceptors (Lipinski definition) is 1. The second-order valence-electron chi connectivity index (χ2n) is 6.64. The lowest BCUT2D eigenvalue weighted by Gasteiger charge is -2.27. The Morgan fingerprint density at radius 2 is 1.90 bits per heavy atom. The van der Waals surface area contributed by atoms with Crippen molar-refractivity contribution in [3.63, 3.8) is 0 Å². The molecule has 1 fully saturated rings. The van der Waals surface area contributed by atoms with Crippen LogP contribution in [0, 0.1) is 17.7 Å².